The Labute approximate surface area is 144 Å². The molecular formula is C17H15ClN2O4. The van der Waals surface area contributed by atoms with Gasteiger partial charge >= 0.3 is 0 Å². The molecule has 1 aliphatic heterocycles. The van der Waals surface area contributed by atoms with Gasteiger partial charge in [-0.2, -0.15) is 0 Å². The van der Waals surface area contributed by atoms with Crippen molar-refractivity contribution in [3.63, 3.8) is 0 Å². The number of benzene rings is 2. The highest BCUT2D eigenvalue weighted by molar-refractivity contribution is 6.54. The zero-order valence-electron chi connectivity index (χ0n) is 13.3. The third-order valence-corrected chi connectivity index (χ3v) is 3.83. The normalized spacial score (nSPS) is 14.3. The second-order valence-corrected chi connectivity index (χ2v) is 5.42. The smallest absolute Gasteiger partial charge is 0.275 e. The van der Waals surface area contributed by atoms with Crippen molar-refractivity contribution in [3.8, 4) is 17.2 Å². The van der Waals surface area contributed by atoms with Crippen LogP contribution in [-0.2, 0) is 4.79 Å². The minimum absolute atomic E-state index is 0.279. The number of methoxy groups -OCH3 is 3. The van der Waals surface area contributed by atoms with E-state index < -0.39 is 0 Å². The maximum absolute atomic E-state index is 12.2. The standard InChI is InChI=1S/C17H15ClN2O4/c1-22-13-7-10(8-14(23-2)16(13)24-3)19-15-11-6-9(18)4-5-12(11)20-17(15)21/h4-8H,1-3H3,(H,19,20,21). The van der Waals surface area contributed by atoms with Crippen molar-refractivity contribution in [2.45, 2.75) is 0 Å². The monoisotopic (exact) mass is 346 g/mol. The molecule has 1 N–H and O–H groups in total. The molecule has 0 bridgehead atoms. The number of nitrogens with zero attached hydrogens (tertiary/aromatic N) is 1. The van der Waals surface area contributed by atoms with Crippen LogP contribution >= 0.6 is 11.6 Å². The molecule has 0 fully saturated rings. The van der Waals surface area contributed by atoms with Crippen molar-refractivity contribution >= 4 is 34.6 Å². The SMILES string of the molecule is COc1cc(N=C2C(=O)Nc3ccc(Cl)cc32)cc(OC)c1OC. The lowest BCUT2D eigenvalue weighted by Crippen LogP contribution is -2.13. The van der Waals surface area contributed by atoms with E-state index in [9.17, 15) is 4.79 Å². The van der Waals surface area contributed by atoms with Crippen LogP contribution < -0.4 is 19.5 Å². The van der Waals surface area contributed by atoms with Crippen LogP contribution in [0.2, 0.25) is 5.02 Å². The Morgan fingerprint density at radius 2 is 1.67 bits per heavy atom. The van der Waals surface area contributed by atoms with Crippen molar-refractivity contribution < 1.29 is 19.0 Å². The van der Waals surface area contributed by atoms with Gasteiger partial charge in [-0.15, -0.1) is 0 Å². The fourth-order valence-corrected chi connectivity index (χ4v) is 2.67. The first-order chi connectivity index (χ1) is 11.6. The number of hydrogen-bond donors (Lipinski definition) is 1. The first-order valence-electron chi connectivity index (χ1n) is 7.07. The van der Waals surface area contributed by atoms with Crippen LogP contribution in [-0.4, -0.2) is 32.9 Å². The highest BCUT2D eigenvalue weighted by Gasteiger charge is 2.26. The number of carbonyl (C=O) groups is 1. The van der Waals surface area contributed by atoms with Gasteiger partial charge in [-0.25, -0.2) is 4.99 Å². The molecule has 0 radical (unpaired) electrons. The van der Waals surface area contributed by atoms with Crippen LogP contribution in [0.4, 0.5) is 11.4 Å². The molecule has 0 spiro atoms. The van der Waals surface area contributed by atoms with E-state index in [2.05, 4.69) is 10.3 Å². The molecule has 2 aromatic carbocycles. The molecule has 2 aromatic rings. The van der Waals surface area contributed by atoms with Crippen LogP contribution in [0.1, 0.15) is 5.56 Å². The highest BCUT2D eigenvalue weighted by Crippen LogP contribution is 2.41. The molecule has 7 heteroatoms. The summed E-state index contributed by atoms with van der Waals surface area (Å²) in [4.78, 5) is 16.7. The maximum Gasteiger partial charge on any atom is 0.275 e. The fraction of sp³-hybridized carbons (Fsp3) is 0.176. The first-order valence-corrected chi connectivity index (χ1v) is 7.45. The average Bonchev–Trinajstić information content (AvgIpc) is 2.89. The quantitative estimate of drug-likeness (QED) is 0.920. The molecule has 0 saturated carbocycles. The van der Waals surface area contributed by atoms with Gasteiger partial charge in [-0.1, -0.05) is 11.6 Å². The summed E-state index contributed by atoms with van der Waals surface area (Å²) >= 11 is 6.02. The van der Waals surface area contributed by atoms with E-state index in [0.29, 0.717) is 39.2 Å². The summed E-state index contributed by atoms with van der Waals surface area (Å²) in [5, 5.41) is 3.29. The van der Waals surface area contributed by atoms with Crippen LogP contribution in [0.5, 0.6) is 17.2 Å². The van der Waals surface area contributed by atoms with Crippen molar-refractivity contribution in [1.29, 1.82) is 0 Å². The summed E-state index contributed by atoms with van der Waals surface area (Å²) < 4.78 is 15.9. The summed E-state index contributed by atoms with van der Waals surface area (Å²) in [7, 11) is 4.56. The Bertz CT molecular complexity index is 823. The van der Waals surface area contributed by atoms with Gasteiger partial charge in [0.05, 0.1) is 32.7 Å². The fourth-order valence-electron chi connectivity index (χ4n) is 2.50. The molecule has 24 heavy (non-hydrogen) atoms. The topological polar surface area (TPSA) is 69.2 Å². The number of halogens is 1. The third-order valence-electron chi connectivity index (χ3n) is 3.59. The van der Waals surface area contributed by atoms with Gasteiger partial charge < -0.3 is 19.5 Å². The van der Waals surface area contributed by atoms with E-state index in [4.69, 9.17) is 25.8 Å². The van der Waals surface area contributed by atoms with Gasteiger partial charge in [-0.3, -0.25) is 4.79 Å². The van der Waals surface area contributed by atoms with E-state index in [1.54, 1.807) is 30.3 Å². The van der Waals surface area contributed by atoms with Crippen LogP contribution in [0.25, 0.3) is 0 Å². The van der Waals surface area contributed by atoms with Gasteiger partial charge in [0.2, 0.25) is 5.75 Å². The number of fused-ring (bicyclic) bond motifs is 1. The van der Waals surface area contributed by atoms with E-state index in [1.807, 2.05) is 0 Å². The van der Waals surface area contributed by atoms with Crippen molar-refractivity contribution in [3.05, 3.63) is 40.9 Å². The van der Waals surface area contributed by atoms with Crippen molar-refractivity contribution in [2.75, 3.05) is 26.6 Å². The third kappa shape index (κ3) is 2.76. The van der Waals surface area contributed by atoms with Gasteiger partial charge in [0.1, 0.15) is 5.71 Å². The molecule has 0 aliphatic carbocycles. The lowest BCUT2D eigenvalue weighted by Gasteiger charge is -2.12. The van der Waals surface area contributed by atoms with Crippen molar-refractivity contribution in [1.82, 2.24) is 0 Å². The lowest BCUT2D eigenvalue weighted by molar-refractivity contribution is -0.110. The number of ether oxygens (including phenoxy) is 3. The average molecular weight is 347 g/mol. The minimum Gasteiger partial charge on any atom is -0.493 e. The Morgan fingerprint density at radius 1 is 1.00 bits per heavy atom. The number of anilines is 1. The Morgan fingerprint density at radius 3 is 2.25 bits per heavy atom. The predicted octanol–water partition coefficient (Wildman–Crippen LogP) is 3.44. The predicted molar refractivity (Wildman–Crippen MR) is 92.4 cm³/mol. The number of aliphatic imine (C=N–C) groups is 1. The number of rotatable bonds is 4. The molecular weight excluding hydrogens is 332 g/mol. The molecule has 0 atom stereocenters. The number of carbonyl (C=O) groups excluding carboxylic acids is 1. The zero-order valence-corrected chi connectivity index (χ0v) is 14.1. The number of amides is 1. The molecule has 1 heterocycles. The molecule has 1 aliphatic rings. The molecule has 6 nitrogen and oxygen atoms in total. The van der Waals surface area contributed by atoms with Crippen LogP contribution in [0.15, 0.2) is 35.3 Å². The summed E-state index contributed by atoms with van der Waals surface area (Å²) in [6.45, 7) is 0. The maximum atomic E-state index is 12.2. The van der Waals surface area contributed by atoms with Gasteiger partial charge in [0, 0.05) is 22.7 Å². The molecule has 124 valence electrons. The van der Waals surface area contributed by atoms with Gasteiger partial charge in [-0.05, 0) is 18.2 Å². The molecule has 0 aromatic heterocycles. The van der Waals surface area contributed by atoms with E-state index >= 15 is 0 Å². The van der Waals surface area contributed by atoms with Crippen molar-refractivity contribution in [2.24, 2.45) is 4.99 Å². The summed E-state index contributed by atoms with van der Waals surface area (Å²) in [6.07, 6.45) is 0. The molecule has 0 saturated heterocycles. The number of nitrogens with one attached hydrogen (secondary N) is 1. The second-order valence-electron chi connectivity index (χ2n) is 4.99. The molecule has 0 unspecified atom stereocenters. The second kappa shape index (κ2) is 6.41. The Hall–Kier alpha value is -2.73. The molecule has 3 rings (SSSR count). The van der Waals surface area contributed by atoms with Gasteiger partial charge in [0.25, 0.3) is 5.91 Å². The first kappa shape index (κ1) is 16.1. The van der Waals surface area contributed by atoms with Crippen LogP contribution in [0.3, 0.4) is 0 Å². The van der Waals surface area contributed by atoms with E-state index in [-0.39, 0.29) is 11.6 Å². The highest BCUT2D eigenvalue weighted by atomic mass is 35.5. The number of hydrogen-bond acceptors (Lipinski definition) is 5. The Balaban J connectivity index is 2.13. The van der Waals surface area contributed by atoms with E-state index in [1.165, 1.54) is 21.3 Å². The minimum atomic E-state index is -0.291. The largest absolute Gasteiger partial charge is 0.493 e. The summed E-state index contributed by atoms with van der Waals surface area (Å²) in [5.74, 6) is 1.09. The van der Waals surface area contributed by atoms with Gasteiger partial charge in [0.15, 0.2) is 11.5 Å². The lowest BCUT2D eigenvalue weighted by atomic mass is 10.1. The summed E-state index contributed by atoms with van der Waals surface area (Å²) in [6, 6.07) is 8.50. The Kier molecular flexibility index (Phi) is 4.31. The van der Waals surface area contributed by atoms with Crippen LogP contribution in [0, 0.1) is 0 Å². The van der Waals surface area contributed by atoms with E-state index in [0.717, 1.165) is 0 Å². The summed E-state index contributed by atoms with van der Waals surface area (Å²) in [5.41, 5.74) is 2.11. The zero-order chi connectivity index (χ0) is 17.3. The molecule has 1 amide bonds.